The van der Waals surface area contributed by atoms with E-state index in [1.807, 2.05) is 0 Å². The molecule has 1 aliphatic rings. The van der Waals surface area contributed by atoms with Crippen molar-refractivity contribution in [2.75, 3.05) is 18.4 Å². The van der Waals surface area contributed by atoms with Crippen molar-refractivity contribution < 1.29 is 27.1 Å². The summed E-state index contributed by atoms with van der Waals surface area (Å²) in [5.41, 5.74) is 0.187. The maximum absolute atomic E-state index is 13.1. The Morgan fingerprint density at radius 1 is 1.09 bits per heavy atom. The van der Waals surface area contributed by atoms with Crippen LogP contribution in [0.2, 0.25) is 5.02 Å². The maximum atomic E-state index is 13.1. The summed E-state index contributed by atoms with van der Waals surface area (Å²) in [6.07, 6.45) is 2.37. The second-order valence-electron chi connectivity index (χ2n) is 7.51. The first-order valence-corrected chi connectivity index (χ1v) is 12.1. The number of nitrogens with zero attached hydrogens (tertiary/aromatic N) is 1. The van der Waals surface area contributed by atoms with Gasteiger partial charge in [0.15, 0.2) is 6.10 Å². The average Bonchev–Trinajstić information content (AvgIpc) is 3.06. The van der Waals surface area contributed by atoms with E-state index >= 15 is 0 Å². The number of halogens is 2. The Bertz CT molecular complexity index is 1100. The number of benzene rings is 2. The predicted molar refractivity (Wildman–Crippen MR) is 119 cm³/mol. The molecule has 2 aromatic carbocycles. The number of anilines is 1. The van der Waals surface area contributed by atoms with E-state index in [-0.39, 0.29) is 21.2 Å². The minimum Gasteiger partial charge on any atom is -0.449 e. The van der Waals surface area contributed by atoms with Gasteiger partial charge in [-0.1, -0.05) is 30.5 Å². The fraction of sp³-hybridized carbons (Fsp3) is 0.364. The summed E-state index contributed by atoms with van der Waals surface area (Å²) < 4.78 is 45.7. The minimum atomic E-state index is -3.73. The Hall–Kier alpha value is -2.49. The average molecular weight is 483 g/mol. The molecule has 0 aliphatic carbocycles. The zero-order valence-corrected chi connectivity index (χ0v) is 19.1. The summed E-state index contributed by atoms with van der Waals surface area (Å²) in [7, 11) is -3.73. The fourth-order valence-electron chi connectivity index (χ4n) is 3.32. The van der Waals surface area contributed by atoms with Crippen LogP contribution in [0.25, 0.3) is 0 Å². The molecular formula is C22H24ClFN2O5S. The maximum Gasteiger partial charge on any atom is 0.338 e. The molecule has 1 N–H and O–H groups in total. The van der Waals surface area contributed by atoms with Gasteiger partial charge >= 0.3 is 5.97 Å². The van der Waals surface area contributed by atoms with Crippen LogP contribution in [0.1, 0.15) is 43.0 Å². The van der Waals surface area contributed by atoms with E-state index in [4.69, 9.17) is 16.3 Å². The molecule has 3 rings (SSSR count). The van der Waals surface area contributed by atoms with Gasteiger partial charge in [0.25, 0.3) is 5.91 Å². The molecule has 1 heterocycles. The lowest BCUT2D eigenvalue weighted by molar-refractivity contribution is -0.123. The molecule has 10 heteroatoms. The lowest BCUT2D eigenvalue weighted by atomic mass is 10.2. The van der Waals surface area contributed by atoms with Gasteiger partial charge in [-0.25, -0.2) is 17.6 Å². The normalized spacial score (nSPS) is 16.1. The summed E-state index contributed by atoms with van der Waals surface area (Å²) in [5.74, 6) is -2.06. The number of nitrogens with one attached hydrogen (secondary N) is 1. The Morgan fingerprint density at radius 3 is 2.44 bits per heavy atom. The summed E-state index contributed by atoms with van der Waals surface area (Å²) in [4.78, 5) is 24.9. The first-order chi connectivity index (χ1) is 15.2. The van der Waals surface area contributed by atoms with Crippen molar-refractivity contribution in [3.8, 4) is 0 Å². The van der Waals surface area contributed by atoms with Gasteiger partial charge in [0, 0.05) is 13.1 Å². The number of sulfonamides is 1. The van der Waals surface area contributed by atoms with Crippen LogP contribution < -0.4 is 5.32 Å². The highest BCUT2D eigenvalue weighted by atomic mass is 35.5. The third-order valence-electron chi connectivity index (χ3n) is 5.11. The minimum absolute atomic E-state index is 0.00305. The summed E-state index contributed by atoms with van der Waals surface area (Å²) >= 11 is 5.89. The predicted octanol–water partition coefficient (Wildman–Crippen LogP) is 4.23. The van der Waals surface area contributed by atoms with Gasteiger partial charge in [-0.15, -0.1) is 0 Å². The van der Waals surface area contributed by atoms with E-state index in [0.29, 0.717) is 13.1 Å². The first-order valence-electron chi connectivity index (χ1n) is 10.3. The highest BCUT2D eigenvalue weighted by molar-refractivity contribution is 7.89. The molecule has 32 heavy (non-hydrogen) atoms. The number of carbonyl (C=O) groups excluding carboxylic acids is 2. The standard InChI is InChI=1S/C22H24ClFN2O5S/c1-15(21(27)25-20-10-9-17(24)14-19(20)23)31-22(28)16-7-6-8-18(13-16)32(29,30)26-11-4-2-3-5-12-26/h6-10,13-15H,2-5,11-12H2,1H3,(H,25,27). The van der Waals surface area contributed by atoms with E-state index in [1.54, 1.807) is 0 Å². The van der Waals surface area contributed by atoms with Gasteiger partial charge in [0.2, 0.25) is 10.0 Å². The molecule has 0 aromatic heterocycles. The lowest BCUT2D eigenvalue weighted by Gasteiger charge is -2.20. The van der Waals surface area contributed by atoms with Gasteiger partial charge in [0.1, 0.15) is 5.82 Å². The molecule has 1 saturated heterocycles. The molecular weight excluding hydrogens is 459 g/mol. The summed E-state index contributed by atoms with van der Waals surface area (Å²) in [5, 5.41) is 2.46. The van der Waals surface area contributed by atoms with Gasteiger partial charge in [-0.05, 0) is 56.2 Å². The molecule has 0 bridgehead atoms. The fourth-order valence-corrected chi connectivity index (χ4v) is 5.10. The largest absolute Gasteiger partial charge is 0.449 e. The third-order valence-corrected chi connectivity index (χ3v) is 7.32. The van der Waals surface area contributed by atoms with E-state index in [2.05, 4.69) is 5.32 Å². The van der Waals surface area contributed by atoms with Gasteiger partial charge in [0.05, 0.1) is 21.2 Å². The van der Waals surface area contributed by atoms with Gasteiger partial charge in [-0.2, -0.15) is 4.31 Å². The van der Waals surface area contributed by atoms with E-state index in [0.717, 1.165) is 37.8 Å². The summed E-state index contributed by atoms with van der Waals surface area (Å²) in [6.45, 7) is 2.25. The quantitative estimate of drug-likeness (QED) is 0.622. The van der Waals surface area contributed by atoms with Crippen LogP contribution in [-0.4, -0.2) is 43.8 Å². The molecule has 1 aliphatic heterocycles. The van der Waals surface area contributed by atoms with Crippen LogP contribution in [0.15, 0.2) is 47.4 Å². The number of hydrogen-bond donors (Lipinski definition) is 1. The van der Waals surface area contributed by atoms with Crippen LogP contribution >= 0.6 is 11.6 Å². The van der Waals surface area contributed by atoms with E-state index in [9.17, 15) is 22.4 Å². The van der Waals surface area contributed by atoms with E-state index in [1.165, 1.54) is 41.6 Å². The molecule has 1 atom stereocenters. The number of carbonyl (C=O) groups is 2. The molecule has 0 saturated carbocycles. The molecule has 0 spiro atoms. The zero-order chi connectivity index (χ0) is 23.3. The number of ether oxygens (including phenoxy) is 1. The van der Waals surface area contributed by atoms with Crippen LogP contribution in [0.3, 0.4) is 0 Å². The highest BCUT2D eigenvalue weighted by Crippen LogP contribution is 2.24. The molecule has 0 radical (unpaired) electrons. The Morgan fingerprint density at radius 2 is 1.78 bits per heavy atom. The Balaban J connectivity index is 1.69. The topological polar surface area (TPSA) is 92.8 Å². The second-order valence-corrected chi connectivity index (χ2v) is 9.85. The number of hydrogen-bond acceptors (Lipinski definition) is 5. The van der Waals surface area contributed by atoms with Crippen LogP contribution in [0.5, 0.6) is 0 Å². The molecule has 2 aromatic rings. The molecule has 172 valence electrons. The van der Waals surface area contributed by atoms with Crippen molar-refractivity contribution in [1.29, 1.82) is 0 Å². The Labute approximate surface area is 191 Å². The molecule has 1 fully saturated rings. The molecule has 1 unspecified atom stereocenters. The smallest absolute Gasteiger partial charge is 0.338 e. The van der Waals surface area contributed by atoms with Gasteiger partial charge in [-0.3, -0.25) is 4.79 Å². The van der Waals surface area contributed by atoms with Gasteiger partial charge < -0.3 is 10.1 Å². The highest BCUT2D eigenvalue weighted by Gasteiger charge is 2.27. The number of esters is 1. The van der Waals surface area contributed by atoms with Crippen molar-refractivity contribution in [2.24, 2.45) is 0 Å². The SMILES string of the molecule is CC(OC(=O)c1cccc(S(=O)(=O)N2CCCCCC2)c1)C(=O)Nc1ccc(F)cc1Cl. The summed E-state index contributed by atoms with van der Waals surface area (Å²) in [6, 6.07) is 9.04. The van der Waals surface area contributed by atoms with Crippen molar-refractivity contribution in [3.05, 3.63) is 58.9 Å². The third kappa shape index (κ3) is 5.85. The number of amides is 1. The second kappa shape index (κ2) is 10.4. The van der Waals surface area contributed by atoms with Crippen molar-refractivity contribution in [2.45, 2.75) is 43.6 Å². The van der Waals surface area contributed by atoms with E-state index < -0.39 is 33.8 Å². The lowest BCUT2D eigenvalue weighted by Crippen LogP contribution is -2.32. The first kappa shape index (κ1) is 24.2. The molecule has 1 amide bonds. The monoisotopic (exact) mass is 482 g/mol. The van der Waals surface area contributed by atoms with Crippen LogP contribution in [0, 0.1) is 5.82 Å². The van der Waals surface area contributed by atoms with Crippen LogP contribution in [-0.2, 0) is 19.6 Å². The van der Waals surface area contributed by atoms with Crippen molar-refractivity contribution in [1.82, 2.24) is 4.31 Å². The molecule has 7 nitrogen and oxygen atoms in total. The zero-order valence-electron chi connectivity index (χ0n) is 17.5. The Kier molecular flexibility index (Phi) is 7.86. The van der Waals surface area contributed by atoms with Crippen molar-refractivity contribution >= 4 is 39.2 Å². The van der Waals surface area contributed by atoms with Crippen molar-refractivity contribution in [3.63, 3.8) is 0 Å². The number of rotatable bonds is 6. The van der Waals surface area contributed by atoms with Crippen LogP contribution in [0.4, 0.5) is 10.1 Å².